The zero-order valence-corrected chi connectivity index (χ0v) is 34.0. The minimum absolute atomic E-state index is 0.186. The van der Waals surface area contributed by atoms with E-state index in [4.69, 9.17) is 34.3 Å². The van der Waals surface area contributed by atoms with Crippen LogP contribution in [0.1, 0.15) is 64.4 Å². The Labute approximate surface area is 330 Å². The number of aliphatic hydroxyl groups excluding tert-OH is 1. The van der Waals surface area contributed by atoms with Gasteiger partial charge < -0.3 is 24.3 Å². The Kier molecular flexibility index (Phi) is 15.2. The van der Waals surface area contributed by atoms with Crippen LogP contribution in [0.4, 0.5) is 10.2 Å². The summed E-state index contributed by atoms with van der Waals surface area (Å²) < 4.78 is 26.0. The molecule has 3 fully saturated rings. The number of ether oxygens (including phenoxy) is 2. The second-order valence-corrected chi connectivity index (χ2v) is 15.0. The highest BCUT2D eigenvalue weighted by atomic mass is 31.0. The number of aliphatic hydroxyl groups is 1. The summed E-state index contributed by atoms with van der Waals surface area (Å²) in [6.07, 6.45) is 15.6. The molecule has 0 saturated carbocycles. The van der Waals surface area contributed by atoms with Gasteiger partial charge in [-0.25, -0.2) is 4.39 Å². The number of benzene rings is 2. The summed E-state index contributed by atoms with van der Waals surface area (Å²) in [7, 11) is 5.40. The number of carbonyl (C=O) groups is 1. The van der Waals surface area contributed by atoms with Crippen LogP contribution in [0.15, 0.2) is 60.5 Å². The molecule has 5 atom stereocenters. The van der Waals surface area contributed by atoms with E-state index in [-0.39, 0.29) is 10.7 Å². The molecule has 56 heavy (non-hydrogen) atoms. The van der Waals surface area contributed by atoms with Crippen LogP contribution < -0.4 is 14.9 Å². The molecule has 2 aromatic carbocycles. The van der Waals surface area contributed by atoms with Gasteiger partial charge in [-0.2, -0.15) is 9.97 Å². The molecule has 300 valence electrons. The number of piperidine rings is 1. The van der Waals surface area contributed by atoms with E-state index < -0.39 is 6.04 Å². The molecule has 14 heteroatoms. The van der Waals surface area contributed by atoms with Gasteiger partial charge in [0.05, 0.1) is 23.7 Å². The maximum atomic E-state index is 14.7. The van der Waals surface area contributed by atoms with E-state index in [2.05, 4.69) is 26.0 Å². The number of nitro groups is 1. The molecule has 0 bridgehead atoms. The average Bonchev–Trinajstić information content (AvgIpc) is 3.87. The Balaban J connectivity index is 0.000000221. The smallest absolute Gasteiger partial charge is 0.318 e. The van der Waals surface area contributed by atoms with Gasteiger partial charge in [0.1, 0.15) is 30.8 Å². The number of allylic oxidation sites excluding steroid dienone is 1. The number of aryl methyl sites for hydroxylation is 1. The largest absolute Gasteiger partial charge is 0.492 e. The number of nitrogens with zero attached hydrogens (tertiary/aromatic N) is 6. The number of rotatable bonds is 8. The summed E-state index contributed by atoms with van der Waals surface area (Å²) in [6, 6.07) is 10.5. The Bertz CT molecular complexity index is 2050. The number of hydrogen-bond donors (Lipinski definition) is 1. The lowest BCUT2D eigenvalue weighted by atomic mass is 9.95. The highest BCUT2D eigenvalue weighted by molar-refractivity contribution is 7.28. The highest BCUT2D eigenvalue weighted by Gasteiger charge is 2.36. The van der Waals surface area contributed by atoms with Gasteiger partial charge >= 0.3 is 6.01 Å². The van der Waals surface area contributed by atoms with Crippen molar-refractivity contribution in [3.63, 3.8) is 0 Å². The number of methoxy groups -OCH3 is 1. The predicted molar refractivity (Wildman–Crippen MR) is 223 cm³/mol. The lowest BCUT2D eigenvalue weighted by Gasteiger charge is -2.32. The molecule has 5 unspecified atom stereocenters. The van der Waals surface area contributed by atoms with Crippen LogP contribution in [0.25, 0.3) is 32.9 Å². The fourth-order valence-corrected chi connectivity index (χ4v) is 8.85. The van der Waals surface area contributed by atoms with Crippen LogP contribution in [0.5, 0.6) is 6.01 Å². The summed E-state index contributed by atoms with van der Waals surface area (Å²) in [5, 5.41) is 21.3. The van der Waals surface area contributed by atoms with Gasteiger partial charge in [-0.1, -0.05) is 38.1 Å². The second kappa shape index (κ2) is 20.0. The third-order valence-corrected chi connectivity index (χ3v) is 11.6. The van der Waals surface area contributed by atoms with Crippen molar-refractivity contribution >= 4 is 48.8 Å². The summed E-state index contributed by atoms with van der Waals surface area (Å²) in [5.74, 6) is 2.08. The maximum absolute atomic E-state index is 14.7. The summed E-state index contributed by atoms with van der Waals surface area (Å²) >= 11 is 0. The topological polar surface area (TPSA) is 144 Å². The van der Waals surface area contributed by atoms with Crippen molar-refractivity contribution in [3.05, 3.63) is 82.0 Å². The van der Waals surface area contributed by atoms with E-state index in [1.807, 2.05) is 50.3 Å². The molecule has 3 aliphatic heterocycles. The number of anilines is 1. The van der Waals surface area contributed by atoms with Crippen molar-refractivity contribution in [1.82, 2.24) is 19.9 Å². The molecule has 1 N–H and O–H groups in total. The fourth-order valence-electron chi connectivity index (χ4n) is 8.40. The Morgan fingerprint density at radius 3 is 2.57 bits per heavy atom. The van der Waals surface area contributed by atoms with Gasteiger partial charge in [0, 0.05) is 60.7 Å². The first-order valence-electron chi connectivity index (χ1n) is 19.3. The lowest BCUT2D eigenvalue weighted by molar-refractivity contribution is -0.508. The number of carbonyl (C=O) groups excluding carboxylic acids is 1. The molecule has 5 heterocycles. The third kappa shape index (κ3) is 9.33. The quantitative estimate of drug-likeness (QED) is 0.114. The number of halogens is 1. The number of aromatic nitrogens is 3. The maximum Gasteiger partial charge on any atom is 0.318 e. The molecule has 0 amide bonds. The normalized spacial score (nSPS) is 21.5. The minimum atomic E-state index is -0.582. The van der Waals surface area contributed by atoms with Gasteiger partial charge in [0.15, 0.2) is 0 Å². The minimum Gasteiger partial charge on any atom is -0.492 e. The first-order chi connectivity index (χ1) is 27.2. The van der Waals surface area contributed by atoms with Crippen molar-refractivity contribution in [2.45, 2.75) is 83.3 Å². The number of pyridine rings is 1. The molecule has 8 rings (SSSR count). The van der Waals surface area contributed by atoms with Crippen molar-refractivity contribution in [2.24, 2.45) is 5.92 Å². The summed E-state index contributed by atoms with van der Waals surface area (Å²) in [6.45, 7) is 10.1. The van der Waals surface area contributed by atoms with E-state index in [1.165, 1.54) is 38.6 Å². The van der Waals surface area contributed by atoms with Crippen LogP contribution in [-0.2, 0) is 16.0 Å². The highest BCUT2D eigenvalue weighted by Crippen LogP contribution is 2.36. The van der Waals surface area contributed by atoms with Crippen molar-refractivity contribution in [3.8, 4) is 17.3 Å². The van der Waals surface area contributed by atoms with Crippen LogP contribution >= 0.6 is 9.24 Å². The average molecular weight is 789 g/mol. The van der Waals surface area contributed by atoms with E-state index in [0.29, 0.717) is 36.4 Å². The number of hydrogen-bond acceptors (Lipinski definition) is 11. The Morgan fingerprint density at radius 1 is 1.09 bits per heavy atom. The molecule has 3 saturated heterocycles. The molecule has 4 aliphatic rings. The molecule has 0 spiro atoms. The molecular formula is C42H54FN6O6P. The summed E-state index contributed by atoms with van der Waals surface area (Å²) in [5.41, 5.74) is 3.17. The van der Waals surface area contributed by atoms with Crippen LogP contribution in [0, 0.1) is 21.8 Å². The Morgan fingerprint density at radius 2 is 1.88 bits per heavy atom. The standard InChI is InChI=1S/C26H28FN4OP.C14H20N2O3.CH4O.CH2O/c1-4-17-20(27)11-10-16-8-5-9-18(21(16)17)22-24(33)23-19(13-28-22)25(30-26(29-23)32-3)31-12-6-7-15(2)14-31;17-16(18)12-5-7-14(8-6-12)19-10-13-4-3-11-2-1-9-15(11)13;2*1-2/h5,8-11,13,15H,4,6-7,12,14,33H2,1-3H3;5,7-8,11-13H,1-4,6,9-10H2;2H,1H3;1H2. The van der Waals surface area contributed by atoms with Crippen LogP contribution in [0.3, 0.4) is 0 Å². The molecule has 0 radical (unpaired) electrons. The van der Waals surface area contributed by atoms with Gasteiger partial charge in [-0.05, 0) is 98.0 Å². The zero-order valence-electron chi connectivity index (χ0n) is 32.8. The van der Waals surface area contributed by atoms with Gasteiger partial charge in [0.25, 0.3) is 0 Å². The fraction of sp³-hybridized carbons (Fsp3) is 0.476. The number of fused-ring (bicyclic) bond motifs is 3. The second-order valence-electron chi connectivity index (χ2n) is 14.4. The third-order valence-electron chi connectivity index (χ3n) is 11.1. The van der Waals surface area contributed by atoms with E-state index in [0.717, 1.165) is 89.1 Å². The first-order valence-corrected chi connectivity index (χ1v) is 19.9. The van der Waals surface area contributed by atoms with E-state index in [9.17, 15) is 14.5 Å². The van der Waals surface area contributed by atoms with Gasteiger partial charge in [-0.3, -0.25) is 20.0 Å². The van der Waals surface area contributed by atoms with E-state index in [1.54, 1.807) is 25.3 Å². The molecule has 1 aliphatic carbocycles. The van der Waals surface area contributed by atoms with Gasteiger partial charge in [0.2, 0.25) is 6.04 Å². The molecule has 4 aromatic rings. The Hall–Kier alpha value is -4.58. The zero-order chi connectivity index (χ0) is 40.4. The van der Waals surface area contributed by atoms with E-state index >= 15 is 0 Å². The SMILES string of the molecule is C=O.CCc1c(F)ccc2cccc(-c3ncc4c(N5CCCC(C)C5)nc(OC)nc4c3P)c12.CO.O=[N+]([O-])C1C=CC(OCC2CCC3CCCN32)=CC1. The monoisotopic (exact) mass is 788 g/mol. The van der Waals surface area contributed by atoms with Crippen molar-refractivity contribution in [1.29, 1.82) is 0 Å². The molecule has 12 nitrogen and oxygen atoms in total. The van der Waals surface area contributed by atoms with Crippen LogP contribution in [-0.4, -0.2) is 95.3 Å². The molecular weight excluding hydrogens is 734 g/mol. The summed E-state index contributed by atoms with van der Waals surface area (Å²) in [4.78, 5) is 37.5. The van der Waals surface area contributed by atoms with Crippen molar-refractivity contribution < 1.29 is 28.7 Å². The first kappa shape index (κ1) is 42.6. The molecule has 2 aromatic heterocycles. The lowest BCUT2D eigenvalue weighted by Crippen LogP contribution is -2.35. The van der Waals surface area contributed by atoms with Gasteiger partial charge in [-0.15, -0.1) is 9.24 Å². The van der Waals surface area contributed by atoms with Crippen LogP contribution in [0.2, 0.25) is 0 Å². The van der Waals surface area contributed by atoms with Crippen molar-refractivity contribution in [2.75, 3.05) is 45.4 Å². The predicted octanol–water partition coefficient (Wildman–Crippen LogP) is 6.83.